The molecule has 0 saturated carbocycles. The van der Waals surface area contributed by atoms with Crippen LogP contribution in [0.2, 0.25) is 5.02 Å². The summed E-state index contributed by atoms with van der Waals surface area (Å²) in [5.41, 5.74) is -5.51. The molecule has 0 aliphatic heterocycles. The fourth-order valence-electron chi connectivity index (χ4n) is 0.917. The van der Waals surface area contributed by atoms with E-state index in [9.17, 15) is 26.4 Å². The molecular weight excluding hydrogens is 327 g/mol. The van der Waals surface area contributed by atoms with Gasteiger partial charge in [0.1, 0.15) is 0 Å². The third-order valence-electron chi connectivity index (χ3n) is 1.74. The average molecular weight is 334 g/mol. The van der Waals surface area contributed by atoms with Gasteiger partial charge in [0.15, 0.2) is 0 Å². The van der Waals surface area contributed by atoms with E-state index in [4.69, 9.17) is 11.6 Å². The van der Waals surface area contributed by atoms with Gasteiger partial charge in [-0.25, -0.2) is 4.72 Å². The summed E-state index contributed by atoms with van der Waals surface area (Å²) < 4.78 is 58.1. The summed E-state index contributed by atoms with van der Waals surface area (Å²) in [4.78, 5) is 11.7. The van der Waals surface area contributed by atoms with Gasteiger partial charge in [0.2, 0.25) is 5.91 Å². The minimum absolute atomic E-state index is 0.461. The number of thioether (sulfide) groups is 1. The van der Waals surface area contributed by atoms with Crippen LogP contribution in [0.4, 0.5) is 13.2 Å². The molecule has 0 atom stereocenters. The molecule has 10 heteroatoms. The van der Waals surface area contributed by atoms with Crippen molar-refractivity contribution in [3.63, 3.8) is 0 Å². The molecule has 1 rings (SSSR count). The quantitative estimate of drug-likeness (QED) is 0.859. The highest BCUT2D eigenvalue weighted by molar-refractivity contribution is 8.00. The number of alkyl halides is 3. The Kier molecular flexibility index (Phi) is 5.11. The Morgan fingerprint density at radius 1 is 1.26 bits per heavy atom. The average Bonchev–Trinajstić information content (AvgIpc) is 2.26. The lowest BCUT2D eigenvalue weighted by atomic mass is 10.4. The van der Waals surface area contributed by atoms with Crippen LogP contribution in [0.1, 0.15) is 0 Å². The van der Waals surface area contributed by atoms with E-state index in [-0.39, 0.29) is 0 Å². The zero-order chi connectivity index (χ0) is 14.7. The highest BCUT2D eigenvalue weighted by Gasteiger charge is 2.46. The van der Waals surface area contributed by atoms with Crippen molar-refractivity contribution in [3.8, 4) is 0 Å². The molecule has 0 bridgehead atoms. The summed E-state index contributed by atoms with van der Waals surface area (Å²) in [5, 5.41) is 0.466. The summed E-state index contributed by atoms with van der Waals surface area (Å²) in [7, 11) is -5.64. The standard InChI is InChI=1S/C9H7ClF3NO3S2/c10-6-1-3-7(4-2-6)18-5-8(15)14-19(16,17)9(11,12)13/h1-4H,5H2,(H,14,15). The zero-order valence-corrected chi connectivity index (χ0v) is 11.5. The van der Waals surface area contributed by atoms with Crippen molar-refractivity contribution < 1.29 is 26.4 Å². The fourth-order valence-corrected chi connectivity index (χ4v) is 2.32. The monoisotopic (exact) mass is 333 g/mol. The van der Waals surface area contributed by atoms with Crippen molar-refractivity contribution in [2.45, 2.75) is 10.4 Å². The number of halogens is 4. The van der Waals surface area contributed by atoms with Gasteiger partial charge in [0, 0.05) is 9.92 Å². The Balaban J connectivity index is 2.56. The van der Waals surface area contributed by atoms with Crippen LogP contribution in [-0.4, -0.2) is 25.6 Å². The third-order valence-corrected chi connectivity index (χ3v) is 4.11. The van der Waals surface area contributed by atoms with Gasteiger partial charge in [0.25, 0.3) is 0 Å². The normalized spacial score (nSPS) is 12.2. The second-order valence-electron chi connectivity index (χ2n) is 3.22. The number of carbonyl (C=O) groups excluding carboxylic acids is 1. The summed E-state index contributed by atoms with van der Waals surface area (Å²) in [6, 6.07) is 6.18. The molecule has 0 saturated heterocycles. The third kappa shape index (κ3) is 4.92. The molecular formula is C9H7ClF3NO3S2. The van der Waals surface area contributed by atoms with Gasteiger partial charge in [0.05, 0.1) is 5.75 Å². The Hall–Kier alpha value is -0.930. The van der Waals surface area contributed by atoms with E-state index < -0.39 is 27.2 Å². The van der Waals surface area contributed by atoms with Crippen LogP contribution in [0.5, 0.6) is 0 Å². The molecule has 0 aliphatic carbocycles. The van der Waals surface area contributed by atoms with Crippen LogP contribution in [0.15, 0.2) is 29.2 Å². The lowest BCUT2D eigenvalue weighted by Crippen LogP contribution is -2.40. The number of sulfonamides is 1. The summed E-state index contributed by atoms with van der Waals surface area (Å²) in [6.07, 6.45) is 0. The molecule has 0 aromatic heterocycles. The highest BCUT2D eigenvalue weighted by Crippen LogP contribution is 2.23. The Morgan fingerprint density at radius 2 is 1.79 bits per heavy atom. The minimum Gasteiger partial charge on any atom is -0.273 e. The molecule has 0 aliphatic rings. The van der Waals surface area contributed by atoms with Crippen molar-refractivity contribution in [2.75, 3.05) is 5.75 Å². The SMILES string of the molecule is O=C(CSc1ccc(Cl)cc1)NS(=O)(=O)C(F)(F)F. The van der Waals surface area contributed by atoms with E-state index in [1.165, 1.54) is 12.1 Å². The van der Waals surface area contributed by atoms with Crippen LogP contribution >= 0.6 is 23.4 Å². The van der Waals surface area contributed by atoms with Crippen LogP contribution < -0.4 is 4.72 Å². The molecule has 0 spiro atoms. The molecule has 1 aromatic carbocycles. The predicted octanol–water partition coefficient (Wildman–Crippen LogP) is 2.40. The van der Waals surface area contributed by atoms with Crippen LogP contribution in [0, 0.1) is 0 Å². The summed E-state index contributed by atoms with van der Waals surface area (Å²) in [6.45, 7) is 0. The van der Waals surface area contributed by atoms with Crippen molar-refractivity contribution in [1.82, 2.24) is 4.72 Å². The van der Waals surface area contributed by atoms with Crippen LogP contribution in [0.25, 0.3) is 0 Å². The van der Waals surface area contributed by atoms with Crippen molar-refractivity contribution in [1.29, 1.82) is 0 Å². The number of nitrogens with one attached hydrogen (secondary N) is 1. The maximum absolute atomic E-state index is 12.0. The fraction of sp³-hybridized carbons (Fsp3) is 0.222. The first kappa shape index (κ1) is 16.1. The number of hydrogen-bond donors (Lipinski definition) is 1. The molecule has 106 valence electrons. The molecule has 1 N–H and O–H groups in total. The molecule has 1 amide bonds. The minimum atomic E-state index is -5.64. The van der Waals surface area contributed by atoms with E-state index in [0.29, 0.717) is 9.92 Å². The molecule has 19 heavy (non-hydrogen) atoms. The topological polar surface area (TPSA) is 63.2 Å². The van der Waals surface area contributed by atoms with Gasteiger partial charge >= 0.3 is 15.5 Å². The highest BCUT2D eigenvalue weighted by atomic mass is 35.5. The van der Waals surface area contributed by atoms with Crippen LogP contribution in [0.3, 0.4) is 0 Å². The number of rotatable bonds is 4. The summed E-state index contributed by atoms with van der Waals surface area (Å²) in [5.74, 6) is -1.71. The summed E-state index contributed by atoms with van der Waals surface area (Å²) >= 11 is 6.50. The van der Waals surface area contributed by atoms with Gasteiger partial charge in [-0.2, -0.15) is 21.6 Å². The largest absolute Gasteiger partial charge is 0.516 e. The maximum atomic E-state index is 12.0. The second-order valence-corrected chi connectivity index (χ2v) is 6.38. The van der Waals surface area contributed by atoms with Gasteiger partial charge < -0.3 is 0 Å². The second kappa shape index (κ2) is 6.02. The Labute approximate surface area is 116 Å². The lowest BCUT2D eigenvalue weighted by molar-refractivity contribution is -0.117. The smallest absolute Gasteiger partial charge is 0.273 e. The molecule has 0 unspecified atom stereocenters. The molecule has 0 fully saturated rings. The van der Waals surface area contributed by atoms with E-state index in [0.717, 1.165) is 16.5 Å². The van der Waals surface area contributed by atoms with E-state index in [1.807, 2.05) is 0 Å². The first-order chi connectivity index (χ1) is 8.62. The van der Waals surface area contributed by atoms with Crippen molar-refractivity contribution in [2.24, 2.45) is 0 Å². The number of carbonyl (C=O) groups is 1. The molecule has 4 nitrogen and oxygen atoms in total. The Bertz CT molecular complexity index is 557. The van der Waals surface area contributed by atoms with Gasteiger partial charge in [-0.15, -0.1) is 11.8 Å². The maximum Gasteiger partial charge on any atom is 0.516 e. The number of amides is 1. The predicted molar refractivity (Wildman–Crippen MR) is 65.3 cm³/mol. The molecule has 0 radical (unpaired) electrons. The molecule has 0 heterocycles. The van der Waals surface area contributed by atoms with Crippen molar-refractivity contribution in [3.05, 3.63) is 29.3 Å². The lowest BCUT2D eigenvalue weighted by Gasteiger charge is -2.09. The van der Waals surface area contributed by atoms with Crippen molar-refractivity contribution >= 4 is 39.3 Å². The van der Waals surface area contributed by atoms with Gasteiger partial charge in [-0.3, -0.25) is 4.79 Å². The Morgan fingerprint density at radius 3 is 2.26 bits per heavy atom. The number of hydrogen-bond acceptors (Lipinski definition) is 4. The van der Waals surface area contributed by atoms with Crippen LogP contribution in [-0.2, 0) is 14.8 Å². The number of benzene rings is 1. The van der Waals surface area contributed by atoms with E-state index >= 15 is 0 Å². The van der Waals surface area contributed by atoms with E-state index in [1.54, 1.807) is 12.1 Å². The zero-order valence-electron chi connectivity index (χ0n) is 9.07. The van der Waals surface area contributed by atoms with Gasteiger partial charge in [-0.1, -0.05) is 11.6 Å². The first-order valence-corrected chi connectivity index (χ1v) is 7.47. The van der Waals surface area contributed by atoms with Gasteiger partial charge in [-0.05, 0) is 24.3 Å². The first-order valence-electron chi connectivity index (χ1n) is 4.62. The van der Waals surface area contributed by atoms with E-state index in [2.05, 4.69) is 0 Å². The molecule has 1 aromatic rings.